The highest BCUT2D eigenvalue weighted by Gasteiger charge is 2.18. The van der Waals surface area contributed by atoms with Crippen LogP contribution in [0.3, 0.4) is 0 Å². The van der Waals surface area contributed by atoms with Crippen LogP contribution in [0.25, 0.3) is 15.8 Å². The van der Waals surface area contributed by atoms with E-state index >= 15 is 0 Å². The summed E-state index contributed by atoms with van der Waals surface area (Å²) < 4.78 is 42.0. The molecule has 0 spiro atoms. The van der Waals surface area contributed by atoms with Crippen molar-refractivity contribution in [3.8, 4) is 23.0 Å². The number of aromatic nitrogens is 4. The molecule has 11 heteroatoms. The molecule has 0 aliphatic carbocycles. The topological polar surface area (TPSA) is 138 Å². The molecule has 0 saturated carbocycles. The van der Waals surface area contributed by atoms with E-state index < -0.39 is 10.0 Å². The van der Waals surface area contributed by atoms with E-state index in [2.05, 4.69) is 45.4 Å². The zero-order chi connectivity index (χ0) is 28.0. The molecule has 39 heavy (non-hydrogen) atoms. The Kier molecular flexibility index (Phi) is 8.41. The van der Waals surface area contributed by atoms with Gasteiger partial charge in [-0.25, -0.2) is 23.4 Å². The highest BCUT2D eigenvalue weighted by Crippen LogP contribution is 2.40. The lowest BCUT2D eigenvalue weighted by Gasteiger charge is -2.23. The Hall–Kier alpha value is -4.09. The molecule has 1 N–H and O–H groups in total. The molecule has 2 aromatic heterocycles. The molecule has 0 aliphatic rings. The maximum Gasteiger partial charge on any atom is 0.316 e. The number of aryl methyl sites for hydroxylation is 1. The minimum atomic E-state index is -4.08. The first kappa shape index (κ1) is 27.9. The predicted octanol–water partition coefficient (Wildman–Crippen LogP) is 4.88. The summed E-state index contributed by atoms with van der Waals surface area (Å²) in [5, 5.41) is 9.10. The first-order valence-electron chi connectivity index (χ1n) is 12.2. The maximum absolute atomic E-state index is 13.3. The zero-order valence-corrected chi connectivity index (χ0v) is 23.0. The van der Waals surface area contributed by atoms with Crippen LogP contribution in [0.1, 0.15) is 37.5 Å². The van der Waals surface area contributed by atoms with Crippen LogP contribution in [0, 0.1) is 6.92 Å². The van der Waals surface area contributed by atoms with Gasteiger partial charge in [0.25, 0.3) is 0 Å². The SMILES string of the molecule is Cc1ccc(-c2c([N-]S(=O)(=O)c3ccc(C(C)(C)C)cc3)ncnc2OCCOc2ncc(CO)cn2)cc1. The lowest BCUT2D eigenvalue weighted by molar-refractivity contribution is 0.201. The lowest BCUT2D eigenvalue weighted by Crippen LogP contribution is -2.12. The van der Waals surface area contributed by atoms with Gasteiger partial charge in [-0.05, 0) is 41.4 Å². The van der Waals surface area contributed by atoms with Crippen molar-refractivity contribution in [2.24, 2.45) is 0 Å². The van der Waals surface area contributed by atoms with Crippen LogP contribution in [-0.4, -0.2) is 46.7 Å². The molecule has 0 unspecified atom stereocenters. The normalized spacial score (nSPS) is 11.7. The standard InChI is InChI=1S/C28H30N5O5S/c1-19-5-7-21(8-6-19)24-25(33-39(35,36)23-11-9-22(10-12-23)28(2,3)4)31-18-32-26(24)37-13-14-38-27-29-15-20(17-34)16-30-27/h5-12,15-16,18,34H,13-14,17H2,1-4H3/q-1. The van der Waals surface area contributed by atoms with Crippen molar-refractivity contribution in [1.82, 2.24) is 19.9 Å². The lowest BCUT2D eigenvalue weighted by atomic mass is 9.87. The summed E-state index contributed by atoms with van der Waals surface area (Å²) in [4.78, 5) is 16.5. The molecule has 4 rings (SSSR count). The number of hydrogen-bond donors (Lipinski definition) is 1. The van der Waals surface area contributed by atoms with Gasteiger partial charge in [0, 0.05) is 29.8 Å². The minimum Gasteiger partial charge on any atom is -0.474 e. The van der Waals surface area contributed by atoms with E-state index in [1.807, 2.05) is 31.2 Å². The molecule has 4 aromatic rings. The molecule has 0 atom stereocenters. The van der Waals surface area contributed by atoms with E-state index in [-0.39, 0.29) is 47.8 Å². The van der Waals surface area contributed by atoms with Crippen LogP contribution >= 0.6 is 0 Å². The van der Waals surface area contributed by atoms with E-state index in [1.54, 1.807) is 24.3 Å². The van der Waals surface area contributed by atoms with Gasteiger partial charge < -0.3 is 24.3 Å². The number of ether oxygens (including phenoxy) is 2. The van der Waals surface area contributed by atoms with Crippen LogP contribution in [0.4, 0.5) is 5.82 Å². The van der Waals surface area contributed by atoms with Crippen LogP contribution in [-0.2, 0) is 22.0 Å². The van der Waals surface area contributed by atoms with Gasteiger partial charge in [0.05, 0.1) is 11.5 Å². The fraction of sp³-hybridized carbons (Fsp3) is 0.286. The molecular formula is C28H30N5O5S-. The molecule has 0 aliphatic heterocycles. The van der Waals surface area contributed by atoms with Gasteiger partial charge in [-0.2, -0.15) is 0 Å². The highest BCUT2D eigenvalue weighted by molar-refractivity contribution is 7.94. The van der Waals surface area contributed by atoms with Crippen LogP contribution in [0.2, 0.25) is 0 Å². The Balaban J connectivity index is 1.58. The van der Waals surface area contributed by atoms with Crippen LogP contribution < -0.4 is 9.47 Å². The maximum atomic E-state index is 13.3. The summed E-state index contributed by atoms with van der Waals surface area (Å²) in [6.45, 7) is 8.13. The second-order valence-electron chi connectivity index (χ2n) is 9.81. The summed E-state index contributed by atoms with van der Waals surface area (Å²) >= 11 is 0. The molecule has 2 heterocycles. The van der Waals surface area contributed by atoms with E-state index in [0.29, 0.717) is 16.7 Å². The number of hydrogen-bond acceptors (Lipinski definition) is 9. The molecule has 0 fully saturated rings. The zero-order valence-electron chi connectivity index (χ0n) is 22.2. The fourth-order valence-corrected chi connectivity index (χ4v) is 4.53. The summed E-state index contributed by atoms with van der Waals surface area (Å²) in [6.07, 6.45) is 4.14. The van der Waals surface area contributed by atoms with E-state index in [4.69, 9.17) is 14.6 Å². The third kappa shape index (κ3) is 7.06. The fourth-order valence-electron chi connectivity index (χ4n) is 3.58. The van der Waals surface area contributed by atoms with Gasteiger partial charge in [-0.3, -0.25) is 0 Å². The van der Waals surface area contributed by atoms with Gasteiger partial charge in [0.15, 0.2) is 0 Å². The largest absolute Gasteiger partial charge is 0.474 e. The quantitative estimate of drug-likeness (QED) is 0.275. The van der Waals surface area contributed by atoms with E-state index in [9.17, 15) is 8.42 Å². The Morgan fingerprint density at radius 2 is 1.51 bits per heavy atom. The second kappa shape index (κ2) is 11.7. The summed E-state index contributed by atoms with van der Waals surface area (Å²) in [7, 11) is -4.08. The molecule has 10 nitrogen and oxygen atoms in total. The van der Waals surface area contributed by atoms with Gasteiger partial charge in [0.2, 0.25) is 15.9 Å². The van der Waals surface area contributed by atoms with Crippen molar-refractivity contribution in [3.05, 3.63) is 88.7 Å². The van der Waals surface area contributed by atoms with Crippen LogP contribution in [0.5, 0.6) is 11.9 Å². The Morgan fingerprint density at radius 1 is 0.872 bits per heavy atom. The minimum absolute atomic E-state index is 0.0346. The number of aliphatic hydroxyl groups is 1. The Morgan fingerprint density at radius 3 is 2.13 bits per heavy atom. The third-order valence-electron chi connectivity index (χ3n) is 5.78. The Bertz CT molecular complexity index is 1500. The van der Waals surface area contributed by atoms with Crippen molar-refractivity contribution in [3.63, 3.8) is 0 Å². The smallest absolute Gasteiger partial charge is 0.316 e. The molecule has 0 radical (unpaired) electrons. The summed E-state index contributed by atoms with van der Waals surface area (Å²) in [5.41, 5.74) is 3.49. The van der Waals surface area contributed by atoms with Gasteiger partial charge >= 0.3 is 6.01 Å². The van der Waals surface area contributed by atoms with Crippen molar-refractivity contribution in [2.45, 2.75) is 44.6 Å². The average Bonchev–Trinajstić information content (AvgIpc) is 2.91. The second-order valence-corrected chi connectivity index (χ2v) is 11.4. The number of benzene rings is 2. The Labute approximate surface area is 228 Å². The highest BCUT2D eigenvalue weighted by atomic mass is 32.2. The van der Waals surface area contributed by atoms with E-state index in [1.165, 1.54) is 18.7 Å². The number of aliphatic hydroxyl groups excluding tert-OH is 1. The predicted molar refractivity (Wildman–Crippen MR) is 146 cm³/mol. The monoisotopic (exact) mass is 548 g/mol. The molecule has 0 bridgehead atoms. The molecule has 204 valence electrons. The molecular weight excluding hydrogens is 518 g/mol. The summed E-state index contributed by atoms with van der Waals surface area (Å²) in [5.74, 6) is 0.124. The first-order valence-corrected chi connectivity index (χ1v) is 13.7. The summed E-state index contributed by atoms with van der Waals surface area (Å²) in [6, 6.07) is 14.3. The van der Waals surface area contributed by atoms with Crippen LogP contribution in [0.15, 0.2) is 72.1 Å². The van der Waals surface area contributed by atoms with Crippen molar-refractivity contribution in [2.75, 3.05) is 13.2 Å². The third-order valence-corrected chi connectivity index (χ3v) is 7.06. The number of nitrogens with zero attached hydrogens (tertiary/aromatic N) is 5. The van der Waals surface area contributed by atoms with Gasteiger partial charge in [0.1, 0.15) is 13.2 Å². The molecule has 0 saturated heterocycles. The van der Waals surface area contributed by atoms with Crippen molar-refractivity contribution < 1.29 is 23.0 Å². The van der Waals surface area contributed by atoms with Gasteiger partial charge in [-0.1, -0.05) is 62.7 Å². The van der Waals surface area contributed by atoms with Crippen molar-refractivity contribution in [1.29, 1.82) is 0 Å². The number of rotatable bonds is 10. The molecule has 2 aromatic carbocycles. The average molecular weight is 549 g/mol. The van der Waals surface area contributed by atoms with Crippen molar-refractivity contribution >= 4 is 15.8 Å². The van der Waals surface area contributed by atoms with E-state index in [0.717, 1.165) is 11.1 Å². The molecule has 0 amide bonds. The first-order chi connectivity index (χ1) is 18.6. The van der Waals surface area contributed by atoms with Gasteiger partial charge in [-0.15, -0.1) is 0 Å². The number of sulfonamides is 1.